The zero-order valence-electron chi connectivity index (χ0n) is 15.7. The zero-order chi connectivity index (χ0) is 20.4. The lowest BCUT2D eigenvalue weighted by Gasteiger charge is -2.12. The third-order valence-corrected chi connectivity index (χ3v) is 4.48. The smallest absolute Gasteiger partial charge is 0.267 e. The van der Waals surface area contributed by atoms with Gasteiger partial charge in [0.2, 0.25) is 5.91 Å². The third kappa shape index (κ3) is 4.14. The Bertz CT molecular complexity index is 1120. The Morgan fingerprint density at radius 1 is 1.00 bits per heavy atom. The van der Waals surface area contributed by atoms with Crippen molar-refractivity contribution in [2.45, 2.75) is 27.3 Å². The van der Waals surface area contributed by atoms with Gasteiger partial charge in [0.15, 0.2) is 0 Å². The highest BCUT2D eigenvalue weighted by atomic mass is 19.1. The van der Waals surface area contributed by atoms with Gasteiger partial charge >= 0.3 is 0 Å². The molecule has 2 aromatic carbocycles. The molecule has 1 aromatic heterocycles. The van der Waals surface area contributed by atoms with Crippen molar-refractivity contribution < 1.29 is 13.6 Å². The lowest BCUT2D eigenvalue weighted by Crippen LogP contribution is -2.29. The molecule has 3 aromatic rings. The van der Waals surface area contributed by atoms with E-state index in [2.05, 4.69) is 10.4 Å². The molecule has 0 spiro atoms. The van der Waals surface area contributed by atoms with E-state index in [-0.39, 0.29) is 5.69 Å². The average Bonchev–Trinajstić information content (AvgIpc) is 2.62. The first kappa shape index (κ1) is 19.4. The fourth-order valence-electron chi connectivity index (χ4n) is 2.86. The number of aryl methyl sites for hydroxylation is 3. The predicted molar refractivity (Wildman–Crippen MR) is 103 cm³/mol. The van der Waals surface area contributed by atoms with Crippen molar-refractivity contribution in [3.8, 4) is 11.3 Å². The van der Waals surface area contributed by atoms with Crippen molar-refractivity contribution >= 4 is 11.6 Å². The van der Waals surface area contributed by atoms with E-state index in [0.717, 1.165) is 39.1 Å². The van der Waals surface area contributed by atoms with Crippen LogP contribution in [0.1, 0.15) is 16.7 Å². The van der Waals surface area contributed by atoms with Gasteiger partial charge in [0.25, 0.3) is 5.56 Å². The SMILES string of the molecule is Cc1cc(C)c(-c2ccc(=O)n(CC(=O)Nc3ccc(F)cc3F)n2)cc1C. The summed E-state index contributed by atoms with van der Waals surface area (Å²) in [5, 5.41) is 6.60. The van der Waals surface area contributed by atoms with Crippen LogP contribution >= 0.6 is 0 Å². The summed E-state index contributed by atoms with van der Waals surface area (Å²) in [5.74, 6) is -2.29. The average molecular weight is 383 g/mol. The molecular formula is C21H19F2N3O2. The standard InChI is InChI=1S/C21H19F2N3O2/c1-12-8-14(3)16(9-13(12)2)18-6-7-21(28)26(25-18)11-20(27)24-19-5-4-15(22)10-17(19)23/h4-10H,11H2,1-3H3,(H,24,27). The molecule has 1 heterocycles. The number of anilines is 1. The van der Waals surface area contributed by atoms with Gasteiger partial charge in [0.1, 0.15) is 18.2 Å². The van der Waals surface area contributed by atoms with Crippen molar-refractivity contribution in [1.82, 2.24) is 9.78 Å². The minimum Gasteiger partial charge on any atom is -0.322 e. The molecule has 7 heteroatoms. The summed E-state index contributed by atoms with van der Waals surface area (Å²) >= 11 is 0. The lowest BCUT2D eigenvalue weighted by atomic mass is 9.99. The summed E-state index contributed by atoms with van der Waals surface area (Å²) in [5.41, 5.74) is 4.03. The van der Waals surface area contributed by atoms with Gasteiger partial charge in [-0.3, -0.25) is 9.59 Å². The Morgan fingerprint density at radius 2 is 1.71 bits per heavy atom. The van der Waals surface area contributed by atoms with Crippen LogP contribution in [0.2, 0.25) is 0 Å². The molecular weight excluding hydrogens is 364 g/mol. The number of aromatic nitrogens is 2. The van der Waals surface area contributed by atoms with E-state index in [9.17, 15) is 18.4 Å². The molecule has 0 radical (unpaired) electrons. The van der Waals surface area contributed by atoms with E-state index >= 15 is 0 Å². The first-order valence-corrected chi connectivity index (χ1v) is 8.66. The molecule has 0 bridgehead atoms. The number of carbonyl (C=O) groups excluding carboxylic acids is 1. The van der Waals surface area contributed by atoms with Crippen LogP contribution in [0.4, 0.5) is 14.5 Å². The second-order valence-corrected chi connectivity index (χ2v) is 6.64. The summed E-state index contributed by atoms with van der Waals surface area (Å²) in [4.78, 5) is 24.3. The third-order valence-electron chi connectivity index (χ3n) is 4.48. The summed E-state index contributed by atoms with van der Waals surface area (Å²) in [6, 6.07) is 9.78. The van der Waals surface area contributed by atoms with Gasteiger partial charge < -0.3 is 5.32 Å². The maximum absolute atomic E-state index is 13.7. The molecule has 0 unspecified atom stereocenters. The largest absolute Gasteiger partial charge is 0.322 e. The Balaban J connectivity index is 1.87. The number of rotatable bonds is 4. The van der Waals surface area contributed by atoms with Gasteiger partial charge in [-0.1, -0.05) is 6.07 Å². The number of benzene rings is 2. The van der Waals surface area contributed by atoms with Crippen LogP contribution < -0.4 is 10.9 Å². The Hall–Kier alpha value is -3.35. The molecule has 1 amide bonds. The van der Waals surface area contributed by atoms with Gasteiger partial charge in [-0.15, -0.1) is 0 Å². The Morgan fingerprint density at radius 3 is 2.43 bits per heavy atom. The molecule has 0 saturated carbocycles. The number of hydrogen-bond acceptors (Lipinski definition) is 3. The molecule has 28 heavy (non-hydrogen) atoms. The fraction of sp³-hybridized carbons (Fsp3) is 0.190. The van der Waals surface area contributed by atoms with Crippen molar-refractivity contribution in [1.29, 1.82) is 0 Å². The Labute approximate surface area is 160 Å². The molecule has 3 rings (SSSR count). The van der Waals surface area contributed by atoms with Crippen LogP contribution in [0, 0.1) is 32.4 Å². The molecule has 0 fully saturated rings. The molecule has 0 aliphatic carbocycles. The molecule has 0 aliphatic heterocycles. The lowest BCUT2D eigenvalue weighted by molar-refractivity contribution is -0.117. The number of hydrogen-bond donors (Lipinski definition) is 1. The molecule has 0 aliphatic rings. The highest BCUT2D eigenvalue weighted by Crippen LogP contribution is 2.24. The number of nitrogens with zero attached hydrogens (tertiary/aromatic N) is 2. The van der Waals surface area contributed by atoms with Gasteiger partial charge in [0.05, 0.1) is 11.4 Å². The van der Waals surface area contributed by atoms with Crippen molar-refractivity contribution in [2.24, 2.45) is 0 Å². The predicted octanol–water partition coefficient (Wildman–Crippen LogP) is 3.75. The van der Waals surface area contributed by atoms with Crippen molar-refractivity contribution in [2.75, 3.05) is 5.32 Å². The number of carbonyl (C=O) groups is 1. The van der Waals surface area contributed by atoms with Crippen LogP contribution in [0.5, 0.6) is 0 Å². The van der Waals surface area contributed by atoms with Crippen LogP contribution in [-0.4, -0.2) is 15.7 Å². The summed E-state index contributed by atoms with van der Waals surface area (Å²) in [6.45, 7) is 5.55. The minimum atomic E-state index is -0.895. The van der Waals surface area contributed by atoms with E-state index in [1.54, 1.807) is 6.07 Å². The van der Waals surface area contributed by atoms with E-state index in [4.69, 9.17) is 0 Å². The summed E-state index contributed by atoms with van der Waals surface area (Å²) < 4.78 is 27.7. The monoisotopic (exact) mass is 383 g/mol. The molecule has 5 nitrogen and oxygen atoms in total. The maximum Gasteiger partial charge on any atom is 0.267 e. The number of nitrogens with one attached hydrogen (secondary N) is 1. The topological polar surface area (TPSA) is 64.0 Å². The summed E-state index contributed by atoms with van der Waals surface area (Å²) in [6.07, 6.45) is 0. The van der Waals surface area contributed by atoms with Crippen LogP contribution in [0.15, 0.2) is 47.3 Å². The van der Waals surface area contributed by atoms with Crippen molar-refractivity contribution in [3.05, 3.63) is 81.1 Å². The number of halogens is 2. The fourth-order valence-corrected chi connectivity index (χ4v) is 2.86. The van der Waals surface area contributed by atoms with Gasteiger partial charge in [-0.2, -0.15) is 5.10 Å². The second-order valence-electron chi connectivity index (χ2n) is 6.64. The molecule has 144 valence electrons. The van der Waals surface area contributed by atoms with E-state index in [1.807, 2.05) is 32.9 Å². The molecule has 1 N–H and O–H groups in total. The normalized spacial score (nSPS) is 10.8. The van der Waals surface area contributed by atoms with Crippen LogP contribution in [0.25, 0.3) is 11.3 Å². The molecule has 0 saturated heterocycles. The quantitative estimate of drug-likeness (QED) is 0.746. The van der Waals surface area contributed by atoms with E-state index < -0.39 is 29.6 Å². The van der Waals surface area contributed by atoms with Gasteiger partial charge in [-0.05, 0) is 61.7 Å². The van der Waals surface area contributed by atoms with Crippen molar-refractivity contribution in [3.63, 3.8) is 0 Å². The summed E-state index contributed by atoms with van der Waals surface area (Å²) in [7, 11) is 0. The minimum absolute atomic E-state index is 0.166. The first-order valence-electron chi connectivity index (χ1n) is 8.66. The highest BCUT2D eigenvalue weighted by Gasteiger charge is 2.12. The molecule has 0 atom stereocenters. The Kier molecular flexibility index (Phi) is 5.35. The van der Waals surface area contributed by atoms with Crippen LogP contribution in [0.3, 0.4) is 0 Å². The zero-order valence-corrected chi connectivity index (χ0v) is 15.7. The van der Waals surface area contributed by atoms with Gasteiger partial charge in [0, 0.05) is 17.7 Å². The van der Waals surface area contributed by atoms with E-state index in [0.29, 0.717) is 11.8 Å². The maximum atomic E-state index is 13.7. The van der Waals surface area contributed by atoms with Crippen LogP contribution in [-0.2, 0) is 11.3 Å². The first-order chi connectivity index (χ1) is 13.2. The van der Waals surface area contributed by atoms with Gasteiger partial charge in [-0.25, -0.2) is 13.5 Å². The highest BCUT2D eigenvalue weighted by molar-refractivity contribution is 5.90. The second kappa shape index (κ2) is 7.72. The van der Waals surface area contributed by atoms with E-state index in [1.165, 1.54) is 6.07 Å². The number of amides is 1.